The molecular formula is C31H31Cl3N4O5. The molecule has 1 aliphatic carbocycles. The van der Waals surface area contributed by atoms with Gasteiger partial charge in [-0.05, 0) is 59.2 Å². The number of carbonyl (C=O) groups excluding carboxylic acids is 3. The molecule has 3 aromatic rings. The van der Waals surface area contributed by atoms with Crippen LogP contribution in [0, 0.1) is 0 Å². The van der Waals surface area contributed by atoms with Crippen LogP contribution in [0.3, 0.4) is 0 Å². The summed E-state index contributed by atoms with van der Waals surface area (Å²) in [5.74, 6) is -2.68. The first-order valence-corrected chi connectivity index (χ1v) is 14.7. The van der Waals surface area contributed by atoms with Gasteiger partial charge in [0.05, 0.1) is 40.3 Å². The van der Waals surface area contributed by atoms with Crippen molar-refractivity contribution in [2.45, 2.75) is 50.6 Å². The van der Waals surface area contributed by atoms with Gasteiger partial charge in [0.15, 0.2) is 0 Å². The molecule has 4 amide bonds. The van der Waals surface area contributed by atoms with E-state index in [2.05, 4.69) is 35.1 Å². The lowest BCUT2D eigenvalue weighted by molar-refractivity contribution is -0.139. The molecule has 12 heteroatoms. The second kappa shape index (κ2) is 13.7. The molecule has 0 aromatic heterocycles. The van der Waals surface area contributed by atoms with Gasteiger partial charge in [-0.1, -0.05) is 85.0 Å². The van der Waals surface area contributed by atoms with E-state index in [4.69, 9.17) is 34.8 Å². The summed E-state index contributed by atoms with van der Waals surface area (Å²) in [4.78, 5) is 50.4. The van der Waals surface area contributed by atoms with Gasteiger partial charge in [0, 0.05) is 5.02 Å². The molecule has 0 spiro atoms. The van der Waals surface area contributed by atoms with Crippen molar-refractivity contribution in [1.82, 2.24) is 16.0 Å². The van der Waals surface area contributed by atoms with Crippen LogP contribution in [0.15, 0.2) is 60.7 Å². The summed E-state index contributed by atoms with van der Waals surface area (Å²) in [5, 5.41) is 20.4. The number of halogens is 3. The normalized spacial score (nSPS) is 15.9. The Morgan fingerprint density at radius 3 is 2.47 bits per heavy atom. The fourth-order valence-corrected chi connectivity index (χ4v) is 5.88. The van der Waals surface area contributed by atoms with Crippen LogP contribution < -0.4 is 21.3 Å². The van der Waals surface area contributed by atoms with Crippen molar-refractivity contribution >= 4 is 64.3 Å². The zero-order chi connectivity index (χ0) is 31.3. The molecule has 0 fully saturated rings. The molecular weight excluding hydrogens is 615 g/mol. The Morgan fingerprint density at radius 2 is 1.74 bits per heavy atom. The van der Waals surface area contributed by atoms with Gasteiger partial charge < -0.3 is 26.4 Å². The van der Waals surface area contributed by atoms with Crippen molar-refractivity contribution in [3.63, 3.8) is 0 Å². The lowest BCUT2D eigenvalue weighted by Gasteiger charge is -2.37. The monoisotopic (exact) mass is 644 g/mol. The predicted molar refractivity (Wildman–Crippen MR) is 167 cm³/mol. The minimum Gasteiger partial charge on any atom is -0.480 e. The van der Waals surface area contributed by atoms with Gasteiger partial charge in [-0.25, -0.2) is 9.59 Å². The summed E-state index contributed by atoms with van der Waals surface area (Å²) >= 11 is 18.7. The molecule has 0 saturated carbocycles. The number of carboxylic acids is 1. The molecule has 4 rings (SSSR count). The Morgan fingerprint density at radius 1 is 1.00 bits per heavy atom. The number of rotatable bonds is 9. The maximum atomic E-state index is 13.1. The first kappa shape index (κ1) is 32.1. The van der Waals surface area contributed by atoms with E-state index in [9.17, 15) is 24.3 Å². The molecule has 9 nitrogen and oxygen atoms in total. The Labute approximate surface area is 264 Å². The van der Waals surface area contributed by atoms with E-state index >= 15 is 0 Å². The maximum absolute atomic E-state index is 13.1. The molecule has 226 valence electrons. The maximum Gasteiger partial charge on any atom is 0.328 e. The molecule has 0 aliphatic heterocycles. The number of carbonyl (C=O) groups is 4. The third kappa shape index (κ3) is 7.98. The van der Waals surface area contributed by atoms with E-state index in [0.717, 1.165) is 24.0 Å². The van der Waals surface area contributed by atoms with Crippen LogP contribution in [0.1, 0.15) is 59.8 Å². The minimum absolute atomic E-state index is 0.0000692. The number of urea groups is 1. The van der Waals surface area contributed by atoms with Gasteiger partial charge in [-0.2, -0.15) is 0 Å². The van der Waals surface area contributed by atoms with Crippen molar-refractivity contribution in [3.05, 3.63) is 98.0 Å². The second-order valence-corrected chi connectivity index (χ2v) is 12.1. The molecule has 0 saturated heterocycles. The average molecular weight is 646 g/mol. The van der Waals surface area contributed by atoms with Gasteiger partial charge in [-0.15, -0.1) is 0 Å². The van der Waals surface area contributed by atoms with Crippen LogP contribution in [0.4, 0.5) is 10.5 Å². The van der Waals surface area contributed by atoms with Crippen LogP contribution in [-0.4, -0.2) is 41.5 Å². The van der Waals surface area contributed by atoms with Crippen molar-refractivity contribution in [1.29, 1.82) is 0 Å². The van der Waals surface area contributed by atoms with Gasteiger partial charge in [0.25, 0.3) is 5.91 Å². The topological polar surface area (TPSA) is 137 Å². The van der Waals surface area contributed by atoms with E-state index in [-0.39, 0.29) is 39.2 Å². The van der Waals surface area contributed by atoms with E-state index < -0.39 is 36.4 Å². The van der Waals surface area contributed by atoms with E-state index in [0.29, 0.717) is 10.6 Å². The Bertz CT molecular complexity index is 1560. The van der Waals surface area contributed by atoms with E-state index in [1.165, 1.54) is 12.1 Å². The third-order valence-corrected chi connectivity index (χ3v) is 8.29. The number of fused-ring (bicyclic) bond motifs is 1. The summed E-state index contributed by atoms with van der Waals surface area (Å²) in [6, 6.07) is 15.2. The highest BCUT2D eigenvalue weighted by Gasteiger charge is 2.33. The van der Waals surface area contributed by atoms with Gasteiger partial charge in [-0.3, -0.25) is 9.59 Å². The summed E-state index contributed by atoms with van der Waals surface area (Å²) in [5.41, 5.74) is 2.71. The van der Waals surface area contributed by atoms with Crippen LogP contribution in [0.5, 0.6) is 0 Å². The number of benzene rings is 3. The fraction of sp³-hybridized carbons (Fsp3) is 0.290. The molecule has 0 unspecified atom stereocenters. The van der Waals surface area contributed by atoms with E-state index in [1.54, 1.807) is 24.3 Å². The first-order chi connectivity index (χ1) is 20.4. The summed E-state index contributed by atoms with van der Waals surface area (Å²) in [6.45, 7) is 3.91. The van der Waals surface area contributed by atoms with Crippen molar-refractivity contribution in [2.75, 3.05) is 11.9 Å². The quantitative estimate of drug-likeness (QED) is 0.191. The largest absolute Gasteiger partial charge is 0.480 e. The average Bonchev–Trinajstić information content (AvgIpc) is 2.94. The highest BCUT2D eigenvalue weighted by Crippen LogP contribution is 2.41. The third-order valence-electron chi connectivity index (χ3n) is 7.34. The summed E-state index contributed by atoms with van der Waals surface area (Å²) in [6.07, 6.45) is 1.59. The van der Waals surface area contributed by atoms with Crippen LogP contribution in [0.2, 0.25) is 15.1 Å². The number of hydrogen-bond acceptors (Lipinski definition) is 4. The molecule has 2 atom stereocenters. The number of carboxylic acid groups (broad SMARTS) is 1. The highest BCUT2D eigenvalue weighted by atomic mass is 35.5. The number of anilines is 1. The Kier molecular flexibility index (Phi) is 10.2. The molecule has 0 radical (unpaired) electrons. The summed E-state index contributed by atoms with van der Waals surface area (Å²) in [7, 11) is 0. The lowest BCUT2D eigenvalue weighted by atomic mass is 9.71. The van der Waals surface area contributed by atoms with Gasteiger partial charge >= 0.3 is 12.0 Å². The van der Waals surface area contributed by atoms with Crippen LogP contribution in [-0.2, 0) is 21.4 Å². The Hall–Kier alpha value is -3.79. The van der Waals surface area contributed by atoms with Gasteiger partial charge in [0.2, 0.25) is 5.91 Å². The van der Waals surface area contributed by atoms with E-state index in [1.807, 2.05) is 24.3 Å². The zero-order valence-electron chi connectivity index (χ0n) is 23.5. The molecule has 1 aliphatic rings. The fourth-order valence-electron chi connectivity index (χ4n) is 5.08. The smallest absolute Gasteiger partial charge is 0.328 e. The first-order valence-electron chi connectivity index (χ1n) is 13.6. The standard InChI is InChI=1S/C31H31Cl3N4O5/c1-31(2)13-12-22(19-8-3-4-9-20(19)31)38-30(43)35-16-24(29(41)42)37-28(40)26-21(33)10-11-23(27(26)34)36-25(39)15-17-6-5-7-18(32)14-17/h3-11,14,22,24H,12-13,15-16H2,1-2H3,(H,36,39)(H,37,40)(H,41,42)(H2,35,38,43)/t22-,24+/m1/s1. The second-order valence-electron chi connectivity index (χ2n) is 10.9. The number of hydrogen-bond donors (Lipinski definition) is 5. The molecule has 3 aromatic carbocycles. The number of aliphatic carboxylic acids is 1. The van der Waals surface area contributed by atoms with Crippen LogP contribution >= 0.6 is 34.8 Å². The number of nitrogens with one attached hydrogen (secondary N) is 4. The molecule has 43 heavy (non-hydrogen) atoms. The van der Waals surface area contributed by atoms with Gasteiger partial charge in [0.1, 0.15) is 6.04 Å². The molecule has 0 bridgehead atoms. The Balaban J connectivity index is 1.39. The highest BCUT2D eigenvalue weighted by molar-refractivity contribution is 6.41. The molecule has 0 heterocycles. The van der Waals surface area contributed by atoms with Crippen molar-refractivity contribution in [2.24, 2.45) is 0 Å². The lowest BCUT2D eigenvalue weighted by Crippen LogP contribution is -2.51. The number of amides is 4. The predicted octanol–water partition coefficient (Wildman–Crippen LogP) is 6.12. The molecule has 5 N–H and O–H groups in total. The SMILES string of the molecule is CC1(C)CC[C@@H](NC(=O)NC[C@H](NC(=O)c2c(Cl)ccc(NC(=O)Cc3cccc(Cl)c3)c2Cl)C(=O)O)c2ccccc21. The minimum atomic E-state index is -1.50. The summed E-state index contributed by atoms with van der Waals surface area (Å²) < 4.78 is 0. The van der Waals surface area contributed by atoms with Crippen molar-refractivity contribution < 1.29 is 24.3 Å². The van der Waals surface area contributed by atoms with Crippen molar-refractivity contribution in [3.8, 4) is 0 Å². The zero-order valence-corrected chi connectivity index (χ0v) is 25.7. The van der Waals surface area contributed by atoms with Crippen LogP contribution in [0.25, 0.3) is 0 Å².